The lowest BCUT2D eigenvalue weighted by atomic mass is 10.2. The first-order chi connectivity index (χ1) is 11.1. The monoisotopic (exact) mass is 354 g/mol. The zero-order valence-corrected chi connectivity index (χ0v) is 14.6. The Morgan fingerprint density at radius 3 is 2.71 bits per heavy atom. The second kappa shape index (κ2) is 6.64. The number of carbonyl (C=O) groups is 2. The van der Waals surface area contributed by atoms with Crippen LogP contribution in [0.4, 0.5) is 4.79 Å². The highest BCUT2D eigenvalue weighted by atomic mass is 35.5. The summed E-state index contributed by atoms with van der Waals surface area (Å²) in [5, 5.41) is 12.6. The number of fused-ring (bicyclic) bond motifs is 1. The van der Waals surface area contributed by atoms with E-state index in [-0.39, 0.29) is 23.6 Å². The number of aromatic nitrogens is 3. The SMILES string of the molecule is CC(CNC(=O)OC(C)(C)C)n1c(C(=O)O)cc2cnc(Cl)nc21. The van der Waals surface area contributed by atoms with E-state index in [0.717, 1.165) is 0 Å². The summed E-state index contributed by atoms with van der Waals surface area (Å²) in [6.07, 6.45) is 0.886. The molecule has 0 bridgehead atoms. The fraction of sp³-hybridized carbons (Fsp3) is 0.467. The number of amides is 1. The van der Waals surface area contributed by atoms with Crippen LogP contribution in [0.15, 0.2) is 12.3 Å². The van der Waals surface area contributed by atoms with Gasteiger partial charge in [0, 0.05) is 18.1 Å². The molecule has 0 saturated carbocycles. The van der Waals surface area contributed by atoms with Crippen molar-refractivity contribution in [3.05, 3.63) is 23.2 Å². The first kappa shape index (κ1) is 18.0. The molecule has 24 heavy (non-hydrogen) atoms. The van der Waals surface area contributed by atoms with Gasteiger partial charge in [-0.3, -0.25) is 0 Å². The molecule has 0 aliphatic rings. The number of nitrogens with one attached hydrogen (secondary N) is 1. The van der Waals surface area contributed by atoms with Gasteiger partial charge >= 0.3 is 12.1 Å². The number of hydrogen-bond donors (Lipinski definition) is 2. The molecule has 8 nitrogen and oxygen atoms in total. The Hall–Kier alpha value is -2.35. The summed E-state index contributed by atoms with van der Waals surface area (Å²) < 4.78 is 6.67. The number of halogens is 1. The molecule has 0 saturated heterocycles. The fourth-order valence-corrected chi connectivity index (χ4v) is 2.36. The first-order valence-corrected chi connectivity index (χ1v) is 7.70. The summed E-state index contributed by atoms with van der Waals surface area (Å²) in [6.45, 7) is 7.21. The van der Waals surface area contributed by atoms with Gasteiger partial charge in [0.2, 0.25) is 5.28 Å². The highest BCUT2D eigenvalue weighted by Crippen LogP contribution is 2.23. The van der Waals surface area contributed by atoms with Crippen molar-refractivity contribution in [1.29, 1.82) is 0 Å². The van der Waals surface area contributed by atoms with E-state index in [1.54, 1.807) is 27.7 Å². The van der Waals surface area contributed by atoms with Crippen molar-refractivity contribution < 1.29 is 19.4 Å². The van der Waals surface area contributed by atoms with Gasteiger partial charge in [0.1, 0.15) is 16.9 Å². The number of rotatable bonds is 4. The van der Waals surface area contributed by atoms with Crippen LogP contribution in [0, 0.1) is 0 Å². The minimum atomic E-state index is -1.10. The van der Waals surface area contributed by atoms with Crippen molar-refractivity contribution >= 4 is 34.7 Å². The number of alkyl carbamates (subject to hydrolysis) is 1. The van der Waals surface area contributed by atoms with Crippen LogP contribution in [-0.4, -0.2) is 43.8 Å². The van der Waals surface area contributed by atoms with E-state index in [2.05, 4.69) is 15.3 Å². The minimum absolute atomic E-state index is 0.0195. The third-order valence-electron chi connectivity index (χ3n) is 3.15. The molecule has 9 heteroatoms. The molecule has 0 spiro atoms. The van der Waals surface area contributed by atoms with Crippen molar-refractivity contribution in [2.75, 3.05) is 6.54 Å². The molecule has 0 aromatic carbocycles. The third kappa shape index (κ3) is 4.14. The number of carboxylic acid groups (broad SMARTS) is 1. The number of carbonyl (C=O) groups excluding carboxylic acids is 1. The molecule has 0 fully saturated rings. The van der Waals surface area contributed by atoms with Crippen molar-refractivity contribution in [3.63, 3.8) is 0 Å². The summed E-state index contributed by atoms with van der Waals surface area (Å²) in [6, 6.07) is 1.09. The molecule has 1 unspecified atom stereocenters. The Kier molecular flexibility index (Phi) is 4.98. The van der Waals surface area contributed by atoms with Crippen molar-refractivity contribution in [2.45, 2.75) is 39.3 Å². The number of nitrogens with zero attached hydrogens (tertiary/aromatic N) is 3. The third-order valence-corrected chi connectivity index (χ3v) is 3.33. The highest BCUT2D eigenvalue weighted by molar-refractivity contribution is 6.28. The first-order valence-electron chi connectivity index (χ1n) is 7.32. The molecule has 0 aliphatic carbocycles. The maximum atomic E-state index is 11.8. The quantitative estimate of drug-likeness (QED) is 0.817. The van der Waals surface area contributed by atoms with Crippen LogP contribution in [0.5, 0.6) is 0 Å². The van der Waals surface area contributed by atoms with Crippen molar-refractivity contribution in [3.8, 4) is 0 Å². The topological polar surface area (TPSA) is 106 Å². The Morgan fingerprint density at radius 1 is 1.46 bits per heavy atom. The molecule has 2 N–H and O–H groups in total. The smallest absolute Gasteiger partial charge is 0.407 e. The fourth-order valence-electron chi connectivity index (χ4n) is 2.23. The second-order valence-corrected chi connectivity index (χ2v) is 6.69. The van der Waals surface area contributed by atoms with E-state index in [1.165, 1.54) is 16.8 Å². The Balaban J connectivity index is 2.26. The molecule has 0 radical (unpaired) electrons. The maximum absolute atomic E-state index is 11.8. The van der Waals surface area contributed by atoms with Gasteiger partial charge in [-0.15, -0.1) is 0 Å². The minimum Gasteiger partial charge on any atom is -0.477 e. The second-order valence-electron chi connectivity index (χ2n) is 6.35. The van der Waals surface area contributed by atoms with Gasteiger partial charge in [-0.25, -0.2) is 14.6 Å². The molecule has 2 heterocycles. The van der Waals surface area contributed by atoms with E-state index in [1.807, 2.05) is 0 Å². The predicted octanol–water partition coefficient (Wildman–Crippen LogP) is 2.87. The lowest BCUT2D eigenvalue weighted by Gasteiger charge is -2.22. The number of aromatic carboxylic acids is 1. The highest BCUT2D eigenvalue weighted by Gasteiger charge is 2.22. The van der Waals surface area contributed by atoms with Crippen molar-refractivity contribution in [2.24, 2.45) is 0 Å². The van der Waals surface area contributed by atoms with Crippen LogP contribution in [0.2, 0.25) is 5.28 Å². The number of carboxylic acids is 1. The summed E-state index contributed by atoms with van der Waals surface area (Å²) in [4.78, 5) is 31.2. The summed E-state index contributed by atoms with van der Waals surface area (Å²) in [5.74, 6) is -1.10. The number of hydrogen-bond acceptors (Lipinski definition) is 5. The van der Waals surface area contributed by atoms with Gasteiger partial charge in [0.05, 0.1) is 6.04 Å². The zero-order chi connectivity index (χ0) is 18.1. The molecule has 2 aromatic rings. The van der Waals surface area contributed by atoms with Crippen LogP contribution in [0.1, 0.15) is 44.2 Å². The zero-order valence-electron chi connectivity index (χ0n) is 13.8. The van der Waals surface area contributed by atoms with Gasteiger partial charge in [-0.1, -0.05) is 0 Å². The largest absolute Gasteiger partial charge is 0.477 e. The van der Waals surface area contributed by atoms with Crippen LogP contribution in [-0.2, 0) is 4.74 Å². The Morgan fingerprint density at radius 2 is 2.12 bits per heavy atom. The van der Waals surface area contributed by atoms with Crippen LogP contribution in [0.25, 0.3) is 11.0 Å². The molecular formula is C15H19ClN4O4. The molecular weight excluding hydrogens is 336 g/mol. The Bertz CT molecular complexity index is 782. The van der Waals surface area contributed by atoms with Crippen LogP contribution in [0.3, 0.4) is 0 Å². The predicted molar refractivity (Wildman–Crippen MR) is 88.4 cm³/mol. The molecule has 1 amide bonds. The molecule has 0 aliphatic heterocycles. The maximum Gasteiger partial charge on any atom is 0.407 e. The summed E-state index contributed by atoms with van der Waals surface area (Å²) in [7, 11) is 0. The van der Waals surface area contributed by atoms with Crippen LogP contribution >= 0.6 is 11.6 Å². The summed E-state index contributed by atoms with van der Waals surface area (Å²) in [5.41, 5.74) is -0.175. The van der Waals surface area contributed by atoms with Crippen LogP contribution < -0.4 is 5.32 Å². The van der Waals surface area contributed by atoms with Gasteiger partial charge in [-0.05, 0) is 45.4 Å². The molecule has 2 rings (SSSR count). The molecule has 1 atom stereocenters. The van der Waals surface area contributed by atoms with Gasteiger partial charge in [-0.2, -0.15) is 4.98 Å². The van der Waals surface area contributed by atoms with E-state index in [9.17, 15) is 14.7 Å². The molecule has 130 valence electrons. The summed E-state index contributed by atoms with van der Waals surface area (Å²) >= 11 is 5.81. The normalized spacial score (nSPS) is 12.9. The lowest BCUT2D eigenvalue weighted by Crippen LogP contribution is -2.35. The van der Waals surface area contributed by atoms with Crippen molar-refractivity contribution in [1.82, 2.24) is 19.9 Å². The van der Waals surface area contributed by atoms with E-state index in [0.29, 0.717) is 11.0 Å². The van der Waals surface area contributed by atoms with Gasteiger partial charge in [0.15, 0.2) is 0 Å². The van der Waals surface area contributed by atoms with E-state index in [4.69, 9.17) is 16.3 Å². The average molecular weight is 355 g/mol. The van der Waals surface area contributed by atoms with Gasteiger partial charge in [0.25, 0.3) is 0 Å². The van der Waals surface area contributed by atoms with E-state index < -0.39 is 17.7 Å². The lowest BCUT2D eigenvalue weighted by molar-refractivity contribution is 0.0521. The molecule has 2 aromatic heterocycles. The number of ether oxygens (including phenoxy) is 1. The standard InChI is InChI=1S/C15H19ClN4O4/c1-8(6-18-14(23)24-15(2,3)4)20-10(12(21)22)5-9-7-17-13(16)19-11(9)20/h5,7-8H,6H2,1-4H3,(H,18,23)(H,21,22). The van der Waals surface area contributed by atoms with Gasteiger partial charge < -0.3 is 19.7 Å². The van der Waals surface area contributed by atoms with E-state index >= 15 is 0 Å². The average Bonchev–Trinajstić information content (AvgIpc) is 2.81. The Labute approximate surface area is 143 Å².